The summed E-state index contributed by atoms with van der Waals surface area (Å²) in [6, 6.07) is 85.3. The predicted molar refractivity (Wildman–Crippen MR) is 310 cm³/mol. The van der Waals surface area contributed by atoms with Gasteiger partial charge in [0.2, 0.25) is 0 Å². The Kier molecular flexibility index (Phi) is 11.6. The first kappa shape index (κ1) is 47.5. The second-order valence-electron chi connectivity index (χ2n) is 21.8. The summed E-state index contributed by atoms with van der Waals surface area (Å²) >= 11 is 2.53. The predicted octanol–water partition coefficient (Wildman–Crippen LogP) is 16.4. The number of ether oxygens (including phenoxy) is 1. The molecule has 0 amide bonds. The zero-order valence-corrected chi connectivity index (χ0v) is 45.6. The zero-order chi connectivity index (χ0) is 51.9. The zero-order valence-electron chi connectivity index (χ0n) is 43.3. The summed E-state index contributed by atoms with van der Waals surface area (Å²) in [5.41, 5.74) is 17.8. The van der Waals surface area contributed by atoms with E-state index < -0.39 is 0 Å². The van der Waals surface area contributed by atoms with E-state index in [1.165, 1.54) is 44.1 Å². The van der Waals surface area contributed by atoms with E-state index in [1.807, 2.05) is 30.3 Å². The van der Waals surface area contributed by atoms with Crippen molar-refractivity contribution in [1.29, 1.82) is 0 Å². The SMILES string of the molecule is CC(C)(C)c1cc(-c2ccccc2)cc(-c2cc(C(C)(C)C)cc(-c3ccccc3)c2-n2[c](=[Pt])n(-c3[c-]c(Oc4cccc(N5B(c6ccccc6)n6c7ccccc7c7cc[c-]c5c76)n4)ccc3)c3ccccc32)c1. The van der Waals surface area contributed by atoms with Gasteiger partial charge < -0.3 is 0 Å². The van der Waals surface area contributed by atoms with Gasteiger partial charge in [-0.1, -0.05) is 48.5 Å². The van der Waals surface area contributed by atoms with Crippen molar-refractivity contribution in [2.75, 3.05) is 4.81 Å². The Morgan fingerprint density at radius 1 is 0.513 bits per heavy atom. The number of hydrogen-bond acceptors (Lipinski definition) is 3. The monoisotopic (exact) mass is 1160 g/mol. The molecule has 1 aliphatic heterocycles. The van der Waals surface area contributed by atoms with E-state index in [2.05, 4.69) is 280 Å². The van der Waals surface area contributed by atoms with E-state index in [0.717, 1.165) is 65.4 Å². The van der Waals surface area contributed by atoms with Crippen molar-refractivity contribution in [2.24, 2.45) is 0 Å². The van der Waals surface area contributed by atoms with Crippen LogP contribution in [0.4, 0.5) is 11.5 Å². The van der Waals surface area contributed by atoms with Crippen molar-refractivity contribution in [2.45, 2.75) is 52.4 Å². The second kappa shape index (κ2) is 18.5. The van der Waals surface area contributed by atoms with Crippen molar-refractivity contribution in [3.05, 3.63) is 245 Å². The molecule has 0 aliphatic carbocycles. The first-order valence-corrected chi connectivity index (χ1v) is 27.1. The van der Waals surface area contributed by atoms with Gasteiger partial charge >= 0.3 is 375 Å². The molecule has 13 rings (SSSR count). The van der Waals surface area contributed by atoms with Crippen molar-refractivity contribution < 1.29 is 24.1 Å². The van der Waals surface area contributed by atoms with Gasteiger partial charge in [-0.15, -0.1) is 5.39 Å². The molecular weight excluding hydrogens is 1110 g/mol. The molecule has 8 heteroatoms. The third kappa shape index (κ3) is 8.17. The molecule has 0 radical (unpaired) electrons. The van der Waals surface area contributed by atoms with E-state index in [-0.39, 0.29) is 17.8 Å². The fraction of sp³-hybridized carbons (Fsp3) is 0.118. The molecule has 0 atom stereocenters. The van der Waals surface area contributed by atoms with Crippen LogP contribution < -0.4 is 15.0 Å². The summed E-state index contributed by atoms with van der Waals surface area (Å²) in [4.78, 5) is 7.54. The van der Waals surface area contributed by atoms with Crippen LogP contribution in [0.5, 0.6) is 11.6 Å². The van der Waals surface area contributed by atoms with Crippen molar-refractivity contribution in [3.8, 4) is 56.4 Å². The number of para-hydroxylation sites is 3. The van der Waals surface area contributed by atoms with Crippen LogP contribution in [0.15, 0.2) is 218 Å². The third-order valence-corrected chi connectivity index (χ3v) is 15.9. The van der Waals surface area contributed by atoms with Crippen LogP contribution in [0.3, 0.4) is 0 Å². The minimum atomic E-state index is -0.188. The van der Waals surface area contributed by atoms with Crippen LogP contribution in [-0.4, -0.2) is 25.6 Å². The molecule has 9 aromatic carbocycles. The molecule has 0 N–H and O–H groups in total. The molecule has 0 fully saturated rings. The third-order valence-electron chi connectivity index (χ3n) is 14.8. The summed E-state index contributed by atoms with van der Waals surface area (Å²) in [5, 5.41) is 2.42. The van der Waals surface area contributed by atoms with Crippen LogP contribution in [-0.2, 0) is 30.2 Å². The van der Waals surface area contributed by atoms with E-state index >= 15 is 0 Å². The van der Waals surface area contributed by atoms with Gasteiger partial charge in [0.1, 0.15) is 0 Å². The van der Waals surface area contributed by atoms with Gasteiger partial charge in [-0.2, -0.15) is 12.1 Å². The summed E-state index contributed by atoms with van der Waals surface area (Å²) in [6.45, 7) is 13.7. The van der Waals surface area contributed by atoms with Gasteiger partial charge in [0.15, 0.2) is 0 Å². The van der Waals surface area contributed by atoms with Gasteiger partial charge in [0.25, 0.3) is 0 Å². The Hall–Kier alpha value is -8.25. The number of imidazole rings is 1. The average molecular weight is 1160 g/mol. The molecule has 12 aromatic rings. The number of fused-ring (bicyclic) bond motifs is 4. The number of pyridine rings is 1. The molecule has 3 aromatic heterocycles. The van der Waals surface area contributed by atoms with Gasteiger partial charge in [0.05, 0.1) is 0 Å². The quantitative estimate of drug-likeness (QED) is 0.107. The summed E-state index contributed by atoms with van der Waals surface area (Å²) in [7, 11) is 0. The van der Waals surface area contributed by atoms with Crippen molar-refractivity contribution in [1.82, 2.24) is 18.6 Å². The maximum absolute atomic E-state index is 6.78. The number of benzene rings is 9. The number of aromatic nitrogens is 4. The van der Waals surface area contributed by atoms with Crippen LogP contribution in [0.2, 0.25) is 0 Å². The molecule has 372 valence electrons. The number of rotatable bonds is 9. The Balaban J connectivity index is 0.958. The van der Waals surface area contributed by atoms with E-state index in [4.69, 9.17) is 9.72 Å². The Morgan fingerprint density at radius 3 is 1.82 bits per heavy atom. The van der Waals surface area contributed by atoms with Crippen LogP contribution >= 0.6 is 0 Å². The standard InChI is InChI=1S/C68H54BN5O.Pt/c1-67(2,3)50-40-48(46-23-10-7-11-24-46)39-49(41-50)58-43-51(68(4,5)6)42-57(47-25-12-8-13-26-47)65(58)72-45-71(60-34-18-19-35-61(60)72)53-29-20-30-54(44-53)75-64-38-22-37-63(70-64)73-62-36-21-32-56-55-31-16-17-33-59(55)74(66(56)62)69(73)52-27-14-9-15-28-52;/h7-35,37-43H,1-6H3;/q-2;. The number of anilines is 2. The van der Waals surface area contributed by atoms with Crippen LogP contribution in [0, 0.1) is 15.9 Å². The minimum absolute atomic E-state index is 0.102. The molecular formula is C68H54BN5OPt-2. The van der Waals surface area contributed by atoms with E-state index in [1.54, 1.807) is 0 Å². The Morgan fingerprint density at radius 2 is 1.11 bits per heavy atom. The second-order valence-corrected chi connectivity index (χ2v) is 22.8. The maximum atomic E-state index is 6.78. The first-order valence-electron chi connectivity index (χ1n) is 26.0. The number of nitrogens with zero attached hydrogens (tertiary/aromatic N) is 5. The molecule has 4 heterocycles. The molecule has 0 bridgehead atoms. The van der Waals surface area contributed by atoms with Crippen molar-refractivity contribution >= 4 is 56.8 Å². The molecule has 0 unspecified atom stereocenters. The topological polar surface area (TPSA) is 40.1 Å². The molecule has 1 aliphatic rings. The first-order chi connectivity index (χ1) is 36.9. The van der Waals surface area contributed by atoms with Crippen LogP contribution in [0.25, 0.3) is 77.6 Å². The normalized spacial score (nSPS) is 12.6. The molecule has 0 spiro atoms. The van der Waals surface area contributed by atoms with Gasteiger partial charge in [-0.05, 0) is 11.5 Å². The fourth-order valence-electron chi connectivity index (χ4n) is 11.1. The van der Waals surface area contributed by atoms with E-state index in [9.17, 15) is 0 Å². The van der Waals surface area contributed by atoms with Gasteiger partial charge in [-0.3, -0.25) is 0 Å². The fourth-order valence-corrected chi connectivity index (χ4v) is 12.2. The number of hydrogen-bond donors (Lipinski definition) is 0. The van der Waals surface area contributed by atoms with Crippen LogP contribution in [0.1, 0.15) is 52.7 Å². The molecule has 0 saturated carbocycles. The van der Waals surface area contributed by atoms with Crippen molar-refractivity contribution in [3.63, 3.8) is 0 Å². The van der Waals surface area contributed by atoms with Gasteiger partial charge in [0, 0.05) is 5.52 Å². The Bertz CT molecular complexity index is 4260. The van der Waals surface area contributed by atoms with E-state index in [0.29, 0.717) is 11.6 Å². The Labute approximate surface area is 455 Å². The summed E-state index contributed by atoms with van der Waals surface area (Å²) in [6.07, 6.45) is 0. The summed E-state index contributed by atoms with van der Waals surface area (Å²) in [5.74, 6) is 1.79. The summed E-state index contributed by atoms with van der Waals surface area (Å²) < 4.78 is 15.0. The average Bonchev–Trinajstić information content (AvgIpc) is 4.28. The van der Waals surface area contributed by atoms with Gasteiger partial charge in [-0.25, -0.2) is 0 Å². The molecule has 76 heavy (non-hydrogen) atoms. The molecule has 0 saturated heterocycles. The molecule has 6 nitrogen and oxygen atoms in total.